The second-order valence-electron chi connectivity index (χ2n) is 8.88. The first kappa shape index (κ1) is 25.4. The van der Waals surface area contributed by atoms with E-state index >= 15 is 0 Å². The topological polar surface area (TPSA) is 131 Å². The van der Waals surface area contributed by atoms with E-state index < -0.39 is 21.0 Å². The van der Waals surface area contributed by atoms with Crippen molar-refractivity contribution in [2.24, 2.45) is 0 Å². The Kier molecular flexibility index (Phi) is 6.59. The van der Waals surface area contributed by atoms with E-state index in [9.17, 15) is 18.5 Å². The number of nitro benzene ring substituents is 1. The molecule has 0 spiro atoms. The molecule has 194 valence electrons. The predicted octanol–water partition coefficient (Wildman–Crippen LogP) is 5.11. The van der Waals surface area contributed by atoms with Crippen LogP contribution in [0.4, 0.5) is 17.1 Å². The maximum absolute atomic E-state index is 11.7. The van der Waals surface area contributed by atoms with Crippen LogP contribution in [0.15, 0.2) is 83.4 Å². The average molecular weight is 550 g/mol. The van der Waals surface area contributed by atoms with Gasteiger partial charge in [-0.3, -0.25) is 19.8 Å². The number of nitrogens with one attached hydrogen (secondary N) is 2. The molecule has 2 atom stereocenters. The van der Waals surface area contributed by atoms with Crippen LogP contribution >= 0.6 is 12.2 Å². The van der Waals surface area contributed by atoms with Gasteiger partial charge in [0, 0.05) is 29.6 Å². The van der Waals surface area contributed by atoms with Gasteiger partial charge in [-0.2, -0.15) is 0 Å². The molecule has 4 aromatic rings. The number of pyridine rings is 1. The molecule has 2 N–H and O–H groups in total. The number of nitrogens with zero attached hydrogens (tertiary/aromatic N) is 3. The lowest BCUT2D eigenvalue weighted by Crippen LogP contribution is -2.29. The molecule has 0 bridgehead atoms. The summed E-state index contributed by atoms with van der Waals surface area (Å²) in [5.41, 5.74) is 3.41. The number of sulfonamides is 1. The molecule has 1 aliphatic heterocycles. The van der Waals surface area contributed by atoms with Crippen molar-refractivity contribution in [1.29, 1.82) is 0 Å². The second-order valence-corrected chi connectivity index (χ2v) is 11.0. The Hall–Kier alpha value is -4.29. The van der Waals surface area contributed by atoms with E-state index in [0.717, 1.165) is 23.2 Å². The first-order valence-electron chi connectivity index (χ1n) is 11.5. The molecule has 0 radical (unpaired) electrons. The third-order valence-corrected chi connectivity index (χ3v) is 7.07. The van der Waals surface area contributed by atoms with Crippen molar-refractivity contribution >= 4 is 44.4 Å². The Morgan fingerprint density at radius 1 is 1.11 bits per heavy atom. The maximum Gasteiger partial charge on any atom is 0.269 e. The SMILES string of the molecule is Cc1cc(N2C(=S)N[C@H](c3ccccn3)[C@@H]2c2ccc(-c3ccc([N+](=O)[O-])cc3)o2)ccc1NS(C)(=O)=O. The van der Waals surface area contributed by atoms with Gasteiger partial charge >= 0.3 is 0 Å². The monoisotopic (exact) mass is 549 g/mol. The van der Waals surface area contributed by atoms with E-state index in [1.165, 1.54) is 12.1 Å². The number of thiocarbonyl (C=S) groups is 1. The minimum Gasteiger partial charge on any atom is -0.459 e. The number of aromatic nitrogens is 1. The fourth-order valence-electron chi connectivity index (χ4n) is 4.45. The van der Waals surface area contributed by atoms with Gasteiger partial charge in [0.25, 0.3) is 5.69 Å². The molecule has 3 heterocycles. The Morgan fingerprint density at radius 2 is 1.87 bits per heavy atom. The van der Waals surface area contributed by atoms with Crippen LogP contribution in [-0.2, 0) is 10.0 Å². The van der Waals surface area contributed by atoms with E-state index in [4.69, 9.17) is 16.6 Å². The summed E-state index contributed by atoms with van der Waals surface area (Å²) in [6.07, 6.45) is 2.81. The standard InChI is InChI=1S/C26H23N5O5S2/c1-16-15-19(10-11-20(16)29-38(2,34)35)30-25(24(28-26(30)37)21-5-3-4-14-27-21)23-13-12-22(36-23)17-6-8-18(9-7-17)31(32)33/h3-15,24-25,29H,1-2H3,(H,28,37)/t24-,25+/m1/s1. The Balaban J connectivity index is 1.56. The second kappa shape index (κ2) is 9.88. The highest BCUT2D eigenvalue weighted by atomic mass is 32.2. The first-order valence-corrected chi connectivity index (χ1v) is 13.8. The number of nitro groups is 1. The van der Waals surface area contributed by atoms with E-state index in [1.54, 1.807) is 30.5 Å². The van der Waals surface area contributed by atoms with Crippen LogP contribution in [0.2, 0.25) is 0 Å². The van der Waals surface area contributed by atoms with Gasteiger partial charge < -0.3 is 14.6 Å². The van der Waals surface area contributed by atoms with Gasteiger partial charge in [-0.05, 0) is 79.3 Å². The van der Waals surface area contributed by atoms with Gasteiger partial charge in [0.1, 0.15) is 17.6 Å². The van der Waals surface area contributed by atoms with Crippen LogP contribution in [0.5, 0.6) is 0 Å². The molecule has 0 amide bonds. The maximum atomic E-state index is 11.7. The highest BCUT2D eigenvalue weighted by molar-refractivity contribution is 7.92. The lowest BCUT2D eigenvalue weighted by molar-refractivity contribution is -0.384. The summed E-state index contributed by atoms with van der Waals surface area (Å²) in [6.45, 7) is 1.81. The molecule has 5 rings (SSSR count). The number of anilines is 2. The van der Waals surface area contributed by atoms with Crippen molar-refractivity contribution in [3.63, 3.8) is 0 Å². The number of non-ortho nitro benzene ring substituents is 1. The minimum atomic E-state index is -3.43. The summed E-state index contributed by atoms with van der Waals surface area (Å²) < 4.78 is 32.3. The van der Waals surface area contributed by atoms with Crippen LogP contribution in [-0.4, -0.2) is 29.7 Å². The molecule has 0 aliphatic carbocycles. The zero-order valence-corrected chi connectivity index (χ0v) is 22.0. The number of rotatable bonds is 7. The van der Waals surface area contributed by atoms with Crippen molar-refractivity contribution in [2.45, 2.75) is 19.0 Å². The third-order valence-electron chi connectivity index (χ3n) is 6.16. The highest BCUT2D eigenvalue weighted by Crippen LogP contribution is 2.43. The van der Waals surface area contributed by atoms with E-state index in [1.807, 2.05) is 48.2 Å². The van der Waals surface area contributed by atoms with Gasteiger partial charge in [-0.1, -0.05) is 6.07 Å². The molecule has 2 aromatic heterocycles. The van der Waals surface area contributed by atoms with Gasteiger partial charge in [0.2, 0.25) is 10.0 Å². The summed E-state index contributed by atoms with van der Waals surface area (Å²) in [4.78, 5) is 17.0. The normalized spacial score (nSPS) is 17.3. The molecule has 10 nitrogen and oxygen atoms in total. The molecule has 0 unspecified atom stereocenters. The lowest BCUT2D eigenvalue weighted by Gasteiger charge is -2.26. The fraction of sp³-hybridized carbons (Fsp3) is 0.154. The summed E-state index contributed by atoms with van der Waals surface area (Å²) in [5, 5.41) is 14.8. The van der Waals surface area contributed by atoms with Crippen molar-refractivity contribution in [2.75, 3.05) is 15.9 Å². The summed E-state index contributed by atoms with van der Waals surface area (Å²) in [7, 11) is -3.43. The molecular weight excluding hydrogens is 526 g/mol. The van der Waals surface area contributed by atoms with Gasteiger partial charge in [-0.15, -0.1) is 0 Å². The highest BCUT2D eigenvalue weighted by Gasteiger charge is 2.42. The average Bonchev–Trinajstić information content (AvgIpc) is 3.50. The van der Waals surface area contributed by atoms with Crippen molar-refractivity contribution < 1.29 is 17.8 Å². The number of aryl methyl sites for hydroxylation is 1. The number of benzene rings is 2. The molecule has 2 aromatic carbocycles. The third kappa shape index (κ3) is 5.08. The predicted molar refractivity (Wildman–Crippen MR) is 148 cm³/mol. The van der Waals surface area contributed by atoms with E-state index in [0.29, 0.717) is 27.9 Å². The quantitative estimate of drug-likeness (QED) is 0.183. The Labute approximate surface area is 224 Å². The Bertz CT molecular complexity index is 1620. The molecule has 1 saturated heterocycles. The number of hydrogen-bond acceptors (Lipinski definition) is 7. The molecule has 12 heteroatoms. The summed E-state index contributed by atoms with van der Waals surface area (Å²) in [6, 6.07) is 20.0. The van der Waals surface area contributed by atoms with Crippen LogP contribution in [0, 0.1) is 17.0 Å². The molecule has 38 heavy (non-hydrogen) atoms. The zero-order valence-electron chi connectivity index (χ0n) is 20.4. The first-order chi connectivity index (χ1) is 18.1. The largest absolute Gasteiger partial charge is 0.459 e. The van der Waals surface area contributed by atoms with Crippen molar-refractivity contribution in [3.05, 3.63) is 106 Å². The number of furan rings is 1. The lowest BCUT2D eigenvalue weighted by atomic mass is 10.0. The van der Waals surface area contributed by atoms with Crippen molar-refractivity contribution in [1.82, 2.24) is 10.3 Å². The van der Waals surface area contributed by atoms with Crippen LogP contribution < -0.4 is 14.9 Å². The minimum absolute atomic E-state index is 0.00329. The zero-order chi connectivity index (χ0) is 27.0. The number of hydrogen-bond donors (Lipinski definition) is 2. The Morgan fingerprint density at radius 3 is 2.50 bits per heavy atom. The smallest absolute Gasteiger partial charge is 0.269 e. The van der Waals surface area contributed by atoms with Gasteiger partial charge in [0.05, 0.1) is 28.6 Å². The van der Waals surface area contributed by atoms with Crippen LogP contribution in [0.3, 0.4) is 0 Å². The molecular formula is C26H23N5O5S2. The van der Waals surface area contributed by atoms with Crippen molar-refractivity contribution in [3.8, 4) is 11.3 Å². The van der Waals surface area contributed by atoms with E-state index in [2.05, 4.69) is 15.0 Å². The van der Waals surface area contributed by atoms with Gasteiger partial charge in [-0.25, -0.2) is 8.42 Å². The van der Waals surface area contributed by atoms with Crippen LogP contribution in [0.25, 0.3) is 11.3 Å². The molecule has 0 saturated carbocycles. The molecule has 1 fully saturated rings. The van der Waals surface area contributed by atoms with Crippen LogP contribution in [0.1, 0.15) is 29.1 Å². The molecule has 1 aliphatic rings. The van der Waals surface area contributed by atoms with Gasteiger partial charge in [0.15, 0.2) is 5.11 Å². The summed E-state index contributed by atoms with van der Waals surface area (Å²) in [5.74, 6) is 1.16. The van der Waals surface area contributed by atoms with E-state index in [-0.39, 0.29) is 11.7 Å². The fourth-order valence-corrected chi connectivity index (χ4v) is 5.42. The summed E-state index contributed by atoms with van der Waals surface area (Å²) >= 11 is 5.75.